The summed E-state index contributed by atoms with van der Waals surface area (Å²) in [6.07, 6.45) is 0.766. The maximum absolute atomic E-state index is 14.1. The molecule has 0 spiro atoms. The van der Waals surface area contributed by atoms with Crippen LogP contribution in [0.2, 0.25) is 0 Å². The average molecular weight is 453 g/mol. The maximum Gasteiger partial charge on any atom is 0.321 e. The third kappa shape index (κ3) is 4.47. The number of amides is 2. The van der Waals surface area contributed by atoms with Crippen molar-refractivity contribution >= 4 is 28.2 Å². The van der Waals surface area contributed by atoms with Crippen molar-refractivity contribution in [2.75, 3.05) is 49.6 Å². The van der Waals surface area contributed by atoms with Gasteiger partial charge in [0.25, 0.3) is 0 Å². The van der Waals surface area contributed by atoms with Crippen LogP contribution in [0.15, 0.2) is 53.9 Å². The van der Waals surface area contributed by atoms with Crippen molar-refractivity contribution in [2.45, 2.75) is 12.3 Å². The van der Waals surface area contributed by atoms with Crippen molar-refractivity contribution in [2.24, 2.45) is 0 Å². The molecule has 1 N–H and O–H groups in total. The van der Waals surface area contributed by atoms with Crippen LogP contribution in [0, 0.1) is 5.82 Å². The minimum absolute atomic E-state index is 0.0367. The number of urea groups is 1. The Bertz CT molecular complexity index is 1080. The first-order chi connectivity index (χ1) is 15.7. The van der Waals surface area contributed by atoms with E-state index in [1.54, 1.807) is 22.3 Å². The van der Waals surface area contributed by atoms with Gasteiger partial charge in [0.2, 0.25) is 0 Å². The number of hydrogen-bond donors (Lipinski definition) is 1. The van der Waals surface area contributed by atoms with Gasteiger partial charge in [0.05, 0.1) is 18.9 Å². The summed E-state index contributed by atoms with van der Waals surface area (Å²) in [5.41, 5.74) is 3.37. The van der Waals surface area contributed by atoms with Gasteiger partial charge in [-0.2, -0.15) is 0 Å². The number of carbonyl (C=O) groups excluding carboxylic acids is 1. The summed E-state index contributed by atoms with van der Waals surface area (Å²) in [6.45, 7) is 4.35. The van der Waals surface area contributed by atoms with Gasteiger partial charge in [0, 0.05) is 48.7 Å². The molecule has 32 heavy (non-hydrogen) atoms. The number of morpholine rings is 1. The van der Waals surface area contributed by atoms with Crippen molar-refractivity contribution in [3.63, 3.8) is 0 Å². The highest BCUT2D eigenvalue weighted by molar-refractivity contribution is 7.14. The molecule has 1 unspecified atom stereocenters. The maximum atomic E-state index is 14.1. The van der Waals surface area contributed by atoms with Gasteiger partial charge in [-0.25, -0.2) is 14.2 Å². The normalized spacial score (nSPS) is 18.7. The number of benzene rings is 2. The van der Waals surface area contributed by atoms with E-state index in [-0.39, 0.29) is 17.8 Å². The van der Waals surface area contributed by atoms with E-state index in [9.17, 15) is 9.18 Å². The molecule has 2 aliphatic rings. The summed E-state index contributed by atoms with van der Waals surface area (Å²) < 4.78 is 19.5. The minimum atomic E-state index is -0.200. The molecule has 2 aliphatic heterocycles. The van der Waals surface area contributed by atoms with Gasteiger partial charge in [0.15, 0.2) is 5.13 Å². The molecule has 2 amide bonds. The van der Waals surface area contributed by atoms with E-state index in [4.69, 9.17) is 9.72 Å². The van der Waals surface area contributed by atoms with E-state index in [0.717, 1.165) is 54.8 Å². The molecular weight excluding hydrogens is 427 g/mol. The van der Waals surface area contributed by atoms with Crippen LogP contribution in [0.5, 0.6) is 0 Å². The van der Waals surface area contributed by atoms with Crippen molar-refractivity contribution in [1.82, 2.24) is 9.88 Å². The third-order valence-electron chi connectivity index (χ3n) is 6.03. The van der Waals surface area contributed by atoms with E-state index >= 15 is 0 Å². The predicted octanol–water partition coefficient (Wildman–Crippen LogP) is 4.81. The second-order valence-electron chi connectivity index (χ2n) is 8.08. The summed E-state index contributed by atoms with van der Waals surface area (Å²) in [7, 11) is 0. The molecule has 5 rings (SSSR count). The van der Waals surface area contributed by atoms with Gasteiger partial charge in [-0.1, -0.05) is 30.3 Å². The first-order valence-corrected chi connectivity index (χ1v) is 11.7. The second-order valence-corrected chi connectivity index (χ2v) is 8.91. The lowest BCUT2D eigenvalue weighted by atomic mass is 9.98. The largest absolute Gasteiger partial charge is 0.378 e. The van der Waals surface area contributed by atoms with Crippen LogP contribution in [-0.4, -0.2) is 55.3 Å². The number of rotatable bonds is 4. The number of thiazole rings is 1. The van der Waals surface area contributed by atoms with Gasteiger partial charge in [-0.05, 0) is 30.2 Å². The molecule has 166 valence electrons. The lowest BCUT2D eigenvalue weighted by molar-refractivity contribution is 0.122. The highest BCUT2D eigenvalue weighted by atomic mass is 32.1. The number of ether oxygens (including phenoxy) is 1. The monoisotopic (exact) mass is 452 g/mol. The fourth-order valence-electron chi connectivity index (χ4n) is 4.23. The van der Waals surface area contributed by atoms with Crippen LogP contribution in [-0.2, 0) is 4.74 Å². The van der Waals surface area contributed by atoms with Gasteiger partial charge < -0.3 is 19.9 Å². The van der Waals surface area contributed by atoms with Gasteiger partial charge in [-0.15, -0.1) is 11.3 Å². The molecule has 1 aromatic heterocycles. The molecule has 0 radical (unpaired) electrons. The quantitative estimate of drug-likeness (QED) is 0.617. The van der Waals surface area contributed by atoms with E-state index in [0.29, 0.717) is 18.7 Å². The Hall–Kier alpha value is -2.97. The molecule has 3 aromatic rings. The lowest BCUT2D eigenvalue weighted by Crippen LogP contribution is -2.36. The molecule has 2 saturated heterocycles. The summed E-state index contributed by atoms with van der Waals surface area (Å²) in [6, 6.07) is 14.4. The summed E-state index contributed by atoms with van der Waals surface area (Å²) in [5.74, 6) is -0.163. The first kappa shape index (κ1) is 20.9. The molecule has 2 aromatic carbocycles. The number of aromatic nitrogens is 1. The smallest absolute Gasteiger partial charge is 0.321 e. The first-order valence-electron chi connectivity index (χ1n) is 10.9. The number of carbonyl (C=O) groups is 1. The summed E-state index contributed by atoms with van der Waals surface area (Å²) in [4.78, 5) is 21.5. The zero-order chi connectivity index (χ0) is 21.9. The summed E-state index contributed by atoms with van der Waals surface area (Å²) in [5, 5.41) is 6.03. The number of hydrogen-bond acceptors (Lipinski definition) is 5. The Kier molecular flexibility index (Phi) is 6.05. The predicted molar refractivity (Wildman–Crippen MR) is 125 cm³/mol. The number of halogens is 1. The Morgan fingerprint density at radius 2 is 1.88 bits per heavy atom. The van der Waals surface area contributed by atoms with Crippen LogP contribution >= 0.6 is 11.3 Å². The minimum Gasteiger partial charge on any atom is -0.378 e. The molecule has 2 fully saturated rings. The highest BCUT2D eigenvalue weighted by Crippen LogP contribution is 2.30. The van der Waals surface area contributed by atoms with Crippen molar-refractivity contribution < 1.29 is 13.9 Å². The van der Waals surface area contributed by atoms with E-state index < -0.39 is 0 Å². The molecule has 1 atom stereocenters. The zero-order valence-electron chi connectivity index (χ0n) is 17.7. The van der Waals surface area contributed by atoms with Crippen LogP contribution < -0.4 is 10.2 Å². The Balaban J connectivity index is 1.19. The zero-order valence-corrected chi connectivity index (χ0v) is 18.5. The molecule has 0 aliphatic carbocycles. The van der Waals surface area contributed by atoms with Crippen molar-refractivity contribution in [1.29, 1.82) is 0 Å². The Morgan fingerprint density at radius 3 is 2.66 bits per heavy atom. The van der Waals surface area contributed by atoms with Gasteiger partial charge in [-0.3, -0.25) is 0 Å². The van der Waals surface area contributed by atoms with Crippen LogP contribution in [0.25, 0.3) is 11.3 Å². The van der Waals surface area contributed by atoms with Crippen molar-refractivity contribution in [3.8, 4) is 11.3 Å². The fraction of sp³-hybridized carbons (Fsp3) is 0.333. The Morgan fingerprint density at radius 1 is 1.09 bits per heavy atom. The molecule has 8 heteroatoms. The summed E-state index contributed by atoms with van der Waals surface area (Å²) >= 11 is 1.64. The number of nitrogens with one attached hydrogen (secondary N) is 1. The van der Waals surface area contributed by atoms with E-state index in [1.807, 2.05) is 36.4 Å². The van der Waals surface area contributed by atoms with Crippen LogP contribution in [0.1, 0.15) is 17.9 Å². The van der Waals surface area contributed by atoms with Gasteiger partial charge >= 0.3 is 6.03 Å². The second kappa shape index (κ2) is 9.26. The average Bonchev–Trinajstić information content (AvgIpc) is 3.51. The fourth-order valence-corrected chi connectivity index (χ4v) is 5.12. The number of nitrogens with zero attached hydrogens (tertiary/aromatic N) is 3. The van der Waals surface area contributed by atoms with Gasteiger partial charge in [0.1, 0.15) is 5.82 Å². The number of anilines is 2. The van der Waals surface area contributed by atoms with E-state index in [2.05, 4.69) is 15.6 Å². The Labute approximate surface area is 190 Å². The SMILES string of the molecule is O=C(Nc1ccc(-c2csc(N3CCOCC3)n2)cc1)N1CCC(c2ccccc2F)C1. The van der Waals surface area contributed by atoms with Crippen LogP contribution in [0.3, 0.4) is 0 Å². The molecule has 6 nitrogen and oxygen atoms in total. The molecular formula is C24H25FN4O2S. The van der Waals surface area contributed by atoms with E-state index in [1.165, 1.54) is 6.07 Å². The third-order valence-corrected chi connectivity index (χ3v) is 6.93. The van der Waals surface area contributed by atoms with Crippen molar-refractivity contribution in [3.05, 3.63) is 65.3 Å². The molecule has 0 bridgehead atoms. The lowest BCUT2D eigenvalue weighted by Gasteiger charge is -2.26. The topological polar surface area (TPSA) is 57.7 Å². The standard InChI is InChI=1S/C24H25FN4O2S/c25-21-4-2-1-3-20(21)18-9-10-29(15-18)23(30)26-19-7-5-17(6-8-19)22-16-32-24(27-22)28-11-13-31-14-12-28/h1-8,16,18H,9-15H2,(H,26,30). The molecule has 3 heterocycles. The highest BCUT2D eigenvalue weighted by Gasteiger charge is 2.28. The molecule has 0 saturated carbocycles. The number of likely N-dealkylation sites (tertiary alicyclic amines) is 1. The van der Waals surface area contributed by atoms with Crippen LogP contribution in [0.4, 0.5) is 20.0 Å².